The van der Waals surface area contributed by atoms with Crippen molar-refractivity contribution < 1.29 is 9.84 Å². The minimum absolute atomic E-state index is 0.0444. The van der Waals surface area contributed by atoms with Gasteiger partial charge in [0, 0.05) is 17.8 Å². The summed E-state index contributed by atoms with van der Waals surface area (Å²) in [5, 5.41) is 9.73. The first-order valence-corrected chi connectivity index (χ1v) is 4.21. The average Bonchev–Trinajstić information content (AvgIpc) is 2.61. The van der Waals surface area contributed by atoms with Gasteiger partial charge in [-0.25, -0.2) is 0 Å². The number of rotatable bonds is 3. The van der Waals surface area contributed by atoms with Gasteiger partial charge in [-0.15, -0.1) is 0 Å². The number of aromatic nitrogens is 1. The van der Waals surface area contributed by atoms with Crippen LogP contribution in [-0.4, -0.2) is 23.3 Å². The molecule has 0 aliphatic heterocycles. The Morgan fingerprint density at radius 3 is 3.08 bits per heavy atom. The molecule has 13 heavy (non-hydrogen) atoms. The summed E-state index contributed by atoms with van der Waals surface area (Å²) >= 11 is 0. The maximum Gasteiger partial charge on any atom is 0.121 e. The minimum atomic E-state index is 0.0444. The normalized spacial score (nSPS) is 10.5. The van der Waals surface area contributed by atoms with Gasteiger partial charge in [-0.3, -0.25) is 0 Å². The van der Waals surface area contributed by atoms with Gasteiger partial charge in [0.15, 0.2) is 0 Å². The molecular formula is C10H11NO2. The Morgan fingerprint density at radius 1 is 1.31 bits per heavy atom. The molecule has 2 aromatic rings. The lowest BCUT2D eigenvalue weighted by Crippen LogP contribution is -2.01. The van der Waals surface area contributed by atoms with Gasteiger partial charge in [0.25, 0.3) is 0 Å². The highest BCUT2D eigenvalue weighted by Crippen LogP contribution is 2.19. The van der Waals surface area contributed by atoms with Crippen LogP contribution in [0.15, 0.2) is 30.5 Å². The van der Waals surface area contributed by atoms with Gasteiger partial charge in [0.2, 0.25) is 0 Å². The predicted molar refractivity (Wildman–Crippen MR) is 50.9 cm³/mol. The third kappa shape index (κ3) is 1.65. The highest BCUT2D eigenvalue weighted by molar-refractivity contribution is 5.80. The van der Waals surface area contributed by atoms with Gasteiger partial charge in [-0.2, -0.15) is 0 Å². The van der Waals surface area contributed by atoms with Crippen LogP contribution in [0.25, 0.3) is 10.9 Å². The lowest BCUT2D eigenvalue weighted by Gasteiger charge is -2.03. The van der Waals surface area contributed by atoms with Crippen molar-refractivity contribution in [2.24, 2.45) is 0 Å². The first kappa shape index (κ1) is 8.13. The van der Waals surface area contributed by atoms with E-state index in [1.54, 1.807) is 0 Å². The quantitative estimate of drug-likeness (QED) is 0.747. The Morgan fingerprint density at radius 2 is 2.23 bits per heavy atom. The van der Waals surface area contributed by atoms with E-state index in [-0.39, 0.29) is 6.61 Å². The molecule has 0 spiro atoms. The first-order chi connectivity index (χ1) is 6.40. The SMILES string of the molecule is OCCOc1ccc2cc[nH]c2c1. The van der Waals surface area contributed by atoms with Crippen molar-refractivity contribution in [1.82, 2.24) is 4.98 Å². The van der Waals surface area contributed by atoms with Crippen LogP contribution >= 0.6 is 0 Å². The Kier molecular flexibility index (Phi) is 2.19. The molecule has 0 amide bonds. The summed E-state index contributed by atoms with van der Waals surface area (Å²) in [6.45, 7) is 0.384. The molecule has 2 N–H and O–H groups in total. The van der Waals surface area contributed by atoms with Crippen LogP contribution in [0, 0.1) is 0 Å². The van der Waals surface area contributed by atoms with Gasteiger partial charge in [-0.1, -0.05) is 0 Å². The highest BCUT2D eigenvalue weighted by atomic mass is 16.5. The molecular weight excluding hydrogens is 166 g/mol. The molecule has 2 rings (SSSR count). The summed E-state index contributed by atoms with van der Waals surface area (Å²) in [5.74, 6) is 0.781. The first-order valence-electron chi connectivity index (χ1n) is 4.21. The predicted octanol–water partition coefficient (Wildman–Crippen LogP) is 1.54. The molecule has 68 valence electrons. The zero-order valence-corrected chi connectivity index (χ0v) is 7.16. The second-order valence-electron chi connectivity index (χ2n) is 2.80. The smallest absolute Gasteiger partial charge is 0.121 e. The molecule has 0 radical (unpaired) electrons. The van der Waals surface area contributed by atoms with Crippen molar-refractivity contribution in [2.75, 3.05) is 13.2 Å². The Hall–Kier alpha value is -1.48. The van der Waals surface area contributed by atoms with Crippen LogP contribution in [0.4, 0.5) is 0 Å². The number of nitrogens with one attached hydrogen (secondary N) is 1. The van der Waals surface area contributed by atoms with E-state index < -0.39 is 0 Å². The largest absolute Gasteiger partial charge is 0.491 e. The van der Waals surface area contributed by atoms with Gasteiger partial charge < -0.3 is 14.8 Å². The van der Waals surface area contributed by atoms with Gasteiger partial charge in [0.1, 0.15) is 12.4 Å². The van der Waals surface area contributed by atoms with Crippen molar-refractivity contribution in [3.05, 3.63) is 30.5 Å². The summed E-state index contributed by atoms with van der Waals surface area (Å²) in [5.41, 5.74) is 1.05. The maximum atomic E-state index is 8.57. The second kappa shape index (κ2) is 3.49. The zero-order valence-electron chi connectivity index (χ0n) is 7.16. The fourth-order valence-electron chi connectivity index (χ4n) is 1.28. The van der Waals surface area contributed by atoms with Crippen LogP contribution in [-0.2, 0) is 0 Å². The van der Waals surface area contributed by atoms with E-state index in [1.165, 1.54) is 0 Å². The molecule has 1 aromatic heterocycles. The lowest BCUT2D eigenvalue weighted by atomic mass is 10.2. The summed E-state index contributed by atoms with van der Waals surface area (Å²) < 4.78 is 5.26. The number of ether oxygens (including phenoxy) is 1. The second-order valence-corrected chi connectivity index (χ2v) is 2.80. The summed E-state index contributed by atoms with van der Waals surface area (Å²) in [6, 6.07) is 7.81. The monoisotopic (exact) mass is 177 g/mol. The Labute approximate surface area is 76.0 Å². The number of aliphatic hydroxyl groups excluding tert-OH is 1. The molecule has 0 atom stereocenters. The van der Waals surface area contributed by atoms with E-state index in [2.05, 4.69) is 4.98 Å². The Balaban J connectivity index is 2.26. The fourth-order valence-corrected chi connectivity index (χ4v) is 1.28. The number of aromatic amines is 1. The third-order valence-corrected chi connectivity index (χ3v) is 1.89. The molecule has 1 aromatic carbocycles. The third-order valence-electron chi connectivity index (χ3n) is 1.89. The van der Waals surface area contributed by atoms with Gasteiger partial charge in [0.05, 0.1) is 6.61 Å². The molecule has 0 unspecified atom stereocenters. The standard InChI is InChI=1S/C10H11NO2/c12-5-6-13-9-2-1-8-3-4-11-10(8)7-9/h1-4,7,11-12H,5-6H2. The van der Waals surface area contributed by atoms with E-state index in [0.717, 1.165) is 16.7 Å². The van der Waals surface area contributed by atoms with E-state index >= 15 is 0 Å². The molecule has 3 nitrogen and oxygen atoms in total. The van der Waals surface area contributed by atoms with Crippen LogP contribution in [0.3, 0.4) is 0 Å². The summed E-state index contributed by atoms with van der Waals surface area (Å²) in [4.78, 5) is 3.09. The van der Waals surface area contributed by atoms with E-state index in [9.17, 15) is 0 Å². The molecule has 0 fully saturated rings. The van der Waals surface area contributed by atoms with Crippen LogP contribution in [0.2, 0.25) is 0 Å². The van der Waals surface area contributed by atoms with Crippen molar-refractivity contribution in [3.63, 3.8) is 0 Å². The van der Waals surface area contributed by atoms with Gasteiger partial charge >= 0.3 is 0 Å². The molecule has 0 saturated heterocycles. The number of H-pyrrole nitrogens is 1. The van der Waals surface area contributed by atoms with Crippen molar-refractivity contribution in [3.8, 4) is 5.75 Å². The summed E-state index contributed by atoms with van der Waals surface area (Å²) in [6.07, 6.45) is 1.89. The van der Waals surface area contributed by atoms with Gasteiger partial charge in [-0.05, 0) is 23.6 Å². The van der Waals surface area contributed by atoms with Crippen LogP contribution in [0.5, 0.6) is 5.75 Å². The van der Waals surface area contributed by atoms with E-state index in [0.29, 0.717) is 6.61 Å². The topological polar surface area (TPSA) is 45.2 Å². The molecule has 0 aliphatic carbocycles. The maximum absolute atomic E-state index is 8.57. The van der Waals surface area contributed by atoms with Crippen molar-refractivity contribution >= 4 is 10.9 Å². The highest BCUT2D eigenvalue weighted by Gasteiger charge is 1.96. The number of hydrogen-bond donors (Lipinski definition) is 2. The number of aliphatic hydroxyl groups is 1. The van der Waals surface area contributed by atoms with Crippen LogP contribution in [0.1, 0.15) is 0 Å². The molecule has 1 heterocycles. The van der Waals surface area contributed by atoms with E-state index in [4.69, 9.17) is 9.84 Å². The summed E-state index contributed by atoms with van der Waals surface area (Å²) in [7, 11) is 0. The molecule has 0 saturated carbocycles. The van der Waals surface area contributed by atoms with Crippen molar-refractivity contribution in [1.29, 1.82) is 0 Å². The average molecular weight is 177 g/mol. The minimum Gasteiger partial charge on any atom is -0.491 e. The van der Waals surface area contributed by atoms with Crippen LogP contribution < -0.4 is 4.74 Å². The Bertz CT molecular complexity index is 394. The van der Waals surface area contributed by atoms with E-state index in [1.807, 2.05) is 30.5 Å². The number of hydrogen-bond acceptors (Lipinski definition) is 2. The number of fused-ring (bicyclic) bond motifs is 1. The lowest BCUT2D eigenvalue weighted by molar-refractivity contribution is 0.201. The van der Waals surface area contributed by atoms with Crippen molar-refractivity contribution in [2.45, 2.75) is 0 Å². The zero-order chi connectivity index (χ0) is 9.10. The molecule has 0 bridgehead atoms. The fraction of sp³-hybridized carbons (Fsp3) is 0.200. The molecule has 3 heteroatoms. The molecule has 0 aliphatic rings. The number of benzene rings is 1.